The summed E-state index contributed by atoms with van der Waals surface area (Å²) in [5.41, 5.74) is 0.908. The van der Waals surface area contributed by atoms with Gasteiger partial charge in [0.2, 0.25) is 0 Å². The smallest absolute Gasteiger partial charge is 0.323 e. The fourth-order valence-electron chi connectivity index (χ4n) is 1.86. The molecule has 0 spiro atoms. The van der Waals surface area contributed by atoms with Gasteiger partial charge in [0.15, 0.2) is 0 Å². The maximum Gasteiger partial charge on any atom is 0.323 e. The number of aliphatic carboxylic acids is 1. The van der Waals surface area contributed by atoms with Gasteiger partial charge in [0, 0.05) is 17.1 Å². The molecule has 0 saturated carbocycles. The Morgan fingerprint density at radius 1 is 1.69 bits per heavy atom. The van der Waals surface area contributed by atoms with Gasteiger partial charge in [-0.1, -0.05) is 6.92 Å². The quantitative estimate of drug-likeness (QED) is 0.861. The molecule has 0 radical (unpaired) electrons. The molecule has 1 aromatic heterocycles. The van der Waals surface area contributed by atoms with E-state index in [2.05, 4.69) is 4.98 Å². The van der Waals surface area contributed by atoms with Gasteiger partial charge in [0.1, 0.15) is 5.54 Å². The third-order valence-electron chi connectivity index (χ3n) is 2.91. The molecule has 0 fully saturated rings. The van der Waals surface area contributed by atoms with Crippen LogP contribution in [0, 0.1) is 0 Å². The molecule has 4 nitrogen and oxygen atoms in total. The Morgan fingerprint density at radius 3 is 2.69 bits per heavy atom. The minimum Gasteiger partial charge on any atom is -0.480 e. The van der Waals surface area contributed by atoms with Crippen molar-refractivity contribution in [3.05, 3.63) is 16.6 Å². The molecule has 90 valence electrons. The second-order valence-corrected chi connectivity index (χ2v) is 5.15. The van der Waals surface area contributed by atoms with E-state index < -0.39 is 11.5 Å². The molecule has 0 aliphatic carbocycles. The van der Waals surface area contributed by atoms with Crippen LogP contribution in [0.25, 0.3) is 0 Å². The minimum atomic E-state index is -0.863. The van der Waals surface area contributed by atoms with Gasteiger partial charge in [-0.25, -0.2) is 0 Å². The van der Waals surface area contributed by atoms with Crippen LogP contribution in [0.1, 0.15) is 38.6 Å². The lowest BCUT2D eigenvalue weighted by Crippen LogP contribution is -2.50. The molecule has 1 N–H and O–H groups in total. The summed E-state index contributed by atoms with van der Waals surface area (Å²) in [6, 6.07) is 0.0728. The van der Waals surface area contributed by atoms with E-state index in [0.29, 0.717) is 6.54 Å². The number of hydrogen-bond donors (Lipinski definition) is 1. The first-order valence-corrected chi connectivity index (χ1v) is 6.17. The van der Waals surface area contributed by atoms with E-state index in [4.69, 9.17) is 0 Å². The molecule has 1 unspecified atom stereocenters. The molecule has 0 bridgehead atoms. The second-order valence-electron chi connectivity index (χ2n) is 4.23. The predicted molar refractivity (Wildman–Crippen MR) is 64.6 cm³/mol. The lowest BCUT2D eigenvalue weighted by molar-refractivity contribution is -0.150. The summed E-state index contributed by atoms with van der Waals surface area (Å²) in [6.45, 7) is 8.15. The van der Waals surface area contributed by atoms with Gasteiger partial charge in [-0.15, -0.1) is 11.3 Å². The van der Waals surface area contributed by atoms with Gasteiger partial charge in [-0.2, -0.15) is 0 Å². The first-order chi connectivity index (χ1) is 7.41. The average Bonchev–Trinajstić information content (AvgIpc) is 2.70. The number of aromatic nitrogens is 1. The van der Waals surface area contributed by atoms with Gasteiger partial charge >= 0.3 is 5.97 Å². The number of hydrogen-bond acceptors (Lipinski definition) is 4. The van der Waals surface area contributed by atoms with Crippen molar-refractivity contribution in [2.75, 3.05) is 6.54 Å². The SMILES string of the molecule is CCN(C(C)c1cncs1)C(C)(C)C(=O)O. The highest BCUT2D eigenvalue weighted by atomic mass is 32.1. The molecule has 1 heterocycles. The molecular weight excluding hydrogens is 224 g/mol. The van der Waals surface area contributed by atoms with Crippen molar-refractivity contribution in [1.29, 1.82) is 0 Å². The Morgan fingerprint density at radius 2 is 2.31 bits per heavy atom. The lowest BCUT2D eigenvalue weighted by atomic mass is 10.0. The lowest BCUT2D eigenvalue weighted by Gasteiger charge is -2.38. The minimum absolute atomic E-state index is 0.0728. The van der Waals surface area contributed by atoms with Crippen molar-refractivity contribution >= 4 is 17.3 Å². The van der Waals surface area contributed by atoms with E-state index >= 15 is 0 Å². The molecule has 0 saturated heterocycles. The Labute approximate surface area is 99.9 Å². The third kappa shape index (κ3) is 2.41. The zero-order valence-electron chi connectivity index (χ0n) is 10.1. The molecule has 1 aromatic rings. The van der Waals surface area contributed by atoms with Gasteiger partial charge in [0.05, 0.1) is 5.51 Å². The van der Waals surface area contributed by atoms with Crippen LogP contribution >= 0.6 is 11.3 Å². The molecule has 0 amide bonds. The first kappa shape index (κ1) is 13.1. The van der Waals surface area contributed by atoms with Crippen molar-refractivity contribution in [2.24, 2.45) is 0 Å². The van der Waals surface area contributed by atoms with E-state index in [1.54, 1.807) is 36.9 Å². The molecule has 1 rings (SSSR count). The number of nitrogens with zero attached hydrogens (tertiary/aromatic N) is 2. The van der Waals surface area contributed by atoms with Gasteiger partial charge in [0.25, 0.3) is 0 Å². The van der Waals surface area contributed by atoms with Crippen LogP contribution in [-0.2, 0) is 4.79 Å². The van der Waals surface area contributed by atoms with E-state index in [1.807, 2.05) is 18.7 Å². The molecule has 0 aromatic carbocycles. The van der Waals surface area contributed by atoms with Crippen LogP contribution in [0.4, 0.5) is 0 Å². The molecule has 5 heteroatoms. The second kappa shape index (κ2) is 4.93. The fraction of sp³-hybridized carbons (Fsp3) is 0.636. The zero-order valence-corrected chi connectivity index (χ0v) is 10.9. The highest BCUT2D eigenvalue weighted by molar-refractivity contribution is 7.09. The molecule has 0 aliphatic heterocycles. The van der Waals surface area contributed by atoms with Crippen LogP contribution < -0.4 is 0 Å². The summed E-state index contributed by atoms with van der Waals surface area (Å²) in [7, 11) is 0. The molecular formula is C11H18N2O2S. The summed E-state index contributed by atoms with van der Waals surface area (Å²) in [6.07, 6.45) is 1.80. The van der Waals surface area contributed by atoms with Crippen LogP contribution in [0.15, 0.2) is 11.7 Å². The fourth-order valence-corrected chi connectivity index (χ4v) is 2.55. The van der Waals surface area contributed by atoms with Crippen LogP contribution in [0.3, 0.4) is 0 Å². The summed E-state index contributed by atoms with van der Waals surface area (Å²) < 4.78 is 0. The van der Waals surface area contributed by atoms with Gasteiger partial charge < -0.3 is 5.11 Å². The van der Waals surface area contributed by atoms with E-state index in [9.17, 15) is 9.90 Å². The summed E-state index contributed by atoms with van der Waals surface area (Å²) in [5, 5.41) is 9.24. The van der Waals surface area contributed by atoms with Crippen LogP contribution in [0.2, 0.25) is 0 Å². The molecule has 0 aliphatic rings. The van der Waals surface area contributed by atoms with Crippen molar-refractivity contribution in [2.45, 2.75) is 39.3 Å². The Balaban J connectivity index is 2.95. The Kier molecular flexibility index (Phi) is 4.04. The zero-order chi connectivity index (χ0) is 12.3. The number of carbonyl (C=O) groups is 1. The monoisotopic (exact) mass is 242 g/mol. The summed E-state index contributed by atoms with van der Waals surface area (Å²) in [4.78, 5) is 18.3. The highest BCUT2D eigenvalue weighted by Crippen LogP contribution is 2.29. The third-order valence-corrected chi connectivity index (χ3v) is 3.86. The average molecular weight is 242 g/mol. The van der Waals surface area contributed by atoms with Crippen molar-refractivity contribution < 1.29 is 9.90 Å². The number of likely N-dealkylation sites (N-methyl/N-ethyl adjacent to an activating group) is 1. The predicted octanol–water partition coefficient (Wildman–Crippen LogP) is 2.39. The van der Waals surface area contributed by atoms with Crippen molar-refractivity contribution in [3.63, 3.8) is 0 Å². The normalized spacial score (nSPS) is 14.1. The standard InChI is InChI=1S/C11H18N2O2S/c1-5-13(11(3,4)10(14)15)8(2)9-6-12-7-16-9/h6-8H,5H2,1-4H3,(H,14,15). The molecule has 16 heavy (non-hydrogen) atoms. The van der Waals surface area contributed by atoms with Gasteiger partial charge in [-0.05, 0) is 27.3 Å². The topological polar surface area (TPSA) is 53.4 Å². The number of carboxylic acid groups (broad SMARTS) is 1. The summed E-state index contributed by atoms with van der Waals surface area (Å²) in [5.74, 6) is -0.800. The maximum atomic E-state index is 11.2. The van der Waals surface area contributed by atoms with Crippen LogP contribution in [-0.4, -0.2) is 33.0 Å². The molecule has 1 atom stereocenters. The van der Waals surface area contributed by atoms with Crippen molar-refractivity contribution in [1.82, 2.24) is 9.88 Å². The maximum absolute atomic E-state index is 11.2. The number of rotatable bonds is 5. The van der Waals surface area contributed by atoms with E-state index in [-0.39, 0.29) is 6.04 Å². The number of thiazole rings is 1. The first-order valence-electron chi connectivity index (χ1n) is 5.29. The Hall–Kier alpha value is -0.940. The van der Waals surface area contributed by atoms with Gasteiger partial charge in [-0.3, -0.25) is 14.7 Å². The largest absolute Gasteiger partial charge is 0.480 e. The summed E-state index contributed by atoms with van der Waals surface area (Å²) >= 11 is 1.56. The van der Waals surface area contributed by atoms with E-state index in [0.717, 1.165) is 4.88 Å². The van der Waals surface area contributed by atoms with Crippen molar-refractivity contribution in [3.8, 4) is 0 Å². The number of carboxylic acids is 1. The van der Waals surface area contributed by atoms with Crippen LogP contribution in [0.5, 0.6) is 0 Å². The van der Waals surface area contributed by atoms with E-state index in [1.165, 1.54) is 0 Å². The Bertz CT molecular complexity index is 349. The highest BCUT2D eigenvalue weighted by Gasteiger charge is 2.37.